The molecule has 0 radical (unpaired) electrons. The van der Waals surface area contributed by atoms with E-state index in [0.29, 0.717) is 34.3 Å². The minimum absolute atomic E-state index is 0.341. The van der Waals surface area contributed by atoms with E-state index in [1.807, 2.05) is 6.07 Å². The number of nitriles is 1. The predicted molar refractivity (Wildman–Crippen MR) is 83.0 cm³/mol. The van der Waals surface area contributed by atoms with Crippen molar-refractivity contribution < 1.29 is 4.39 Å². The summed E-state index contributed by atoms with van der Waals surface area (Å²) >= 11 is 11.9. The molecule has 0 fully saturated rings. The molecule has 0 saturated carbocycles. The van der Waals surface area contributed by atoms with Gasteiger partial charge in [0.15, 0.2) is 0 Å². The Labute approximate surface area is 133 Å². The summed E-state index contributed by atoms with van der Waals surface area (Å²) in [6.45, 7) is 1.11. The topological polar surface area (TPSA) is 35.8 Å². The molecule has 0 heterocycles. The number of hydrogen-bond acceptors (Lipinski definition) is 2. The quantitative estimate of drug-likeness (QED) is 0.831. The zero-order chi connectivity index (χ0) is 15.2. The van der Waals surface area contributed by atoms with Crippen molar-refractivity contribution in [3.05, 3.63) is 69.0 Å². The average Bonchev–Trinajstić information content (AvgIpc) is 2.45. The summed E-state index contributed by atoms with van der Waals surface area (Å²) in [6, 6.07) is 11.6. The lowest BCUT2D eigenvalue weighted by Crippen LogP contribution is -2.17. The fourth-order valence-electron chi connectivity index (χ4n) is 1.99. The summed E-state index contributed by atoms with van der Waals surface area (Å²) in [5, 5.41) is 13.4. The molecular weight excluding hydrogens is 310 g/mol. The van der Waals surface area contributed by atoms with Gasteiger partial charge < -0.3 is 5.32 Å². The first-order valence-corrected chi connectivity index (χ1v) is 7.19. The maximum absolute atomic E-state index is 13.2. The van der Waals surface area contributed by atoms with Crippen molar-refractivity contribution in [2.45, 2.75) is 13.0 Å². The second-order valence-corrected chi connectivity index (χ2v) is 5.42. The van der Waals surface area contributed by atoms with Gasteiger partial charge in [-0.15, -0.1) is 0 Å². The van der Waals surface area contributed by atoms with Crippen LogP contribution in [0.15, 0.2) is 36.4 Å². The van der Waals surface area contributed by atoms with Gasteiger partial charge in [-0.3, -0.25) is 0 Å². The van der Waals surface area contributed by atoms with E-state index in [1.54, 1.807) is 12.1 Å². The van der Waals surface area contributed by atoms with Gasteiger partial charge >= 0.3 is 0 Å². The summed E-state index contributed by atoms with van der Waals surface area (Å²) in [7, 11) is 0. The summed E-state index contributed by atoms with van der Waals surface area (Å²) in [6.07, 6.45) is 0.729. The number of benzene rings is 2. The first-order valence-electron chi connectivity index (χ1n) is 6.43. The zero-order valence-electron chi connectivity index (χ0n) is 11.2. The Bertz CT molecular complexity index is 680. The van der Waals surface area contributed by atoms with Crippen molar-refractivity contribution in [2.75, 3.05) is 6.54 Å². The van der Waals surface area contributed by atoms with Crippen molar-refractivity contribution in [1.29, 1.82) is 5.26 Å². The van der Waals surface area contributed by atoms with Crippen LogP contribution in [-0.4, -0.2) is 6.54 Å². The van der Waals surface area contributed by atoms with E-state index in [0.717, 1.165) is 12.0 Å². The van der Waals surface area contributed by atoms with Crippen molar-refractivity contribution in [2.24, 2.45) is 0 Å². The largest absolute Gasteiger partial charge is 0.312 e. The van der Waals surface area contributed by atoms with Crippen molar-refractivity contribution in [3.63, 3.8) is 0 Å². The molecule has 21 heavy (non-hydrogen) atoms. The smallest absolute Gasteiger partial charge is 0.123 e. The summed E-state index contributed by atoms with van der Waals surface area (Å²) in [5.74, 6) is -0.341. The van der Waals surface area contributed by atoms with Crippen LogP contribution in [0.25, 0.3) is 0 Å². The van der Waals surface area contributed by atoms with Crippen molar-refractivity contribution >= 4 is 23.2 Å². The van der Waals surface area contributed by atoms with Crippen LogP contribution in [0.2, 0.25) is 10.0 Å². The molecule has 0 aliphatic heterocycles. The molecule has 0 aliphatic carbocycles. The van der Waals surface area contributed by atoms with Crippen LogP contribution >= 0.6 is 23.2 Å². The van der Waals surface area contributed by atoms with Crippen molar-refractivity contribution in [3.8, 4) is 6.07 Å². The third kappa shape index (κ3) is 4.44. The van der Waals surface area contributed by atoms with Crippen LogP contribution in [0.5, 0.6) is 0 Å². The first-order chi connectivity index (χ1) is 10.1. The van der Waals surface area contributed by atoms with Crippen molar-refractivity contribution in [1.82, 2.24) is 5.32 Å². The lowest BCUT2D eigenvalue weighted by Gasteiger charge is -2.08. The van der Waals surface area contributed by atoms with Crippen LogP contribution in [0.1, 0.15) is 16.7 Å². The number of halogens is 3. The summed E-state index contributed by atoms with van der Waals surface area (Å²) < 4.78 is 13.2. The van der Waals surface area contributed by atoms with E-state index in [2.05, 4.69) is 11.4 Å². The third-order valence-corrected chi connectivity index (χ3v) is 3.68. The highest BCUT2D eigenvalue weighted by Gasteiger charge is 2.04. The lowest BCUT2D eigenvalue weighted by molar-refractivity contribution is 0.619. The van der Waals surface area contributed by atoms with Crippen LogP contribution in [-0.2, 0) is 13.0 Å². The van der Waals surface area contributed by atoms with E-state index >= 15 is 0 Å². The Kier molecular flexibility index (Phi) is 5.58. The summed E-state index contributed by atoms with van der Waals surface area (Å²) in [4.78, 5) is 0. The van der Waals surface area contributed by atoms with Gasteiger partial charge in [-0.25, -0.2) is 4.39 Å². The zero-order valence-corrected chi connectivity index (χ0v) is 12.7. The Hall–Kier alpha value is -1.60. The Morgan fingerprint density at radius 1 is 1.10 bits per heavy atom. The van der Waals surface area contributed by atoms with E-state index in [4.69, 9.17) is 28.5 Å². The highest BCUT2D eigenvalue weighted by molar-refractivity contribution is 6.35. The monoisotopic (exact) mass is 322 g/mol. The fraction of sp³-hybridized carbons (Fsp3) is 0.188. The minimum atomic E-state index is -0.341. The molecule has 0 atom stereocenters. The molecule has 0 amide bonds. The molecular formula is C16H13Cl2FN2. The lowest BCUT2D eigenvalue weighted by atomic mass is 10.1. The maximum Gasteiger partial charge on any atom is 0.123 e. The van der Waals surface area contributed by atoms with Gasteiger partial charge in [0.25, 0.3) is 0 Å². The molecule has 2 aromatic rings. The molecule has 108 valence electrons. The minimum Gasteiger partial charge on any atom is -0.312 e. The van der Waals surface area contributed by atoms with Gasteiger partial charge in [-0.1, -0.05) is 29.3 Å². The Morgan fingerprint density at radius 3 is 2.62 bits per heavy atom. The molecule has 0 aromatic heterocycles. The fourth-order valence-corrected chi connectivity index (χ4v) is 2.49. The molecule has 1 N–H and O–H groups in total. The van der Waals surface area contributed by atoms with Gasteiger partial charge in [0.2, 0.25) is 0 Å². The maximum atomic E-state index is 13.2. The molecule has 2 nitrogen and oxygen atoms in total. The van der Waals surface area contributed by atoms with Crippen LogP contribution in [0.3, 0.4) is 0 Å². The molecule has 0 spiro atoms. The van der Waals surface area contributed by atoms with Gasteiger partial charge in [-0.05, 0) is 54.4 Å². The third-order valence-electron chi connectivity index (χ3n) is 3.09. The van der Waals surface area contributed by atoms with E-state index in [1.165, 1.54) is 18.2 Å². The summed E-state index contributed by atoms with van der Waals surface area (Å²) in [5.41, 5.74) is 2.13. The number of nitrogens with one attached hydrogen (secondary N) is 1. The second kappa shape index (κ2) is 7.42. The SMILES string of the molecule is N#Cc1ccc(F)cc1CNCCc1ccc(Cl)cc1Cl. The van der Waals surface area contributed by atoms with E-state index in [9.17, 15) is 4.39 Å². The Balaban J connectivity index is 1.90. The first kappa shape index (κ1) is 15.8. The number of rotatable bonds is 5. The van der Waals surface area contributed by atoms with Crippen LogP contribution in [0.4, 0.5) is 4.39 Å². The van der Waals surface area contributed by atoms with Gasteiger partial charge in [0, 0.05) is 16.6 Å². The highest BCUT2D eigenvalue weighted by Crippen LogP contribution is 2.21. The van der Waals surface area contributed by atoms with Gasteiger partial charge in [-0.2, -0.15) is 5.26 Å². The van der Waals surface area contributed by atoms with Crippen LogP contribution < -0.4 is 5.32 Å². The molecule has 0 unspecified atom stereocenters. The van der Waals surface area contributed by atoms with Crippen LogP contribution in [0, 0.1) is 17.1 Å². The number of hydrogen-bond donors (Lipinski definition) is 1. The molecule has 5 heteroatoms. The average molecular weight is 323 g/mol. The molecule has 0 bridgehead atoms. The normalized spacial score (nSPS) is 10.4. The van der Waals surface area contributed by atoms with E-state index in [-0.39, 0.29) is 5.82 Å². The predicted octanol–water partition coefficient (Wildman–Crippen LogP) is 4.34. The molecule has 0 aliphatic rings. The van der Waals surface area contributed by atoms with Gasteiger partial charge in [0.1, 0.15) is 5.82 Å². The molecule has 2 aromatic carbocycles. The van der Waals surface area contributed by atoms with E-state index < -0.39 is 0 Å². The standard InChI is InChI=1S/C16H13Cl2FN2/c17-14-3-1-11(16(18)8-14)5-6-21-10-13-7-15(19)4-2-12(13)9-20/h1-4,7-8,21H,5-6,10H2. The second-order valence-electron chi connectivity index (χ2n) is 4.58. The van der Waals surface area contributed by atoms with Gasteiger partial charge in [0.05, 0.1) is 11.6 Å². The molecule has 2 rings (SSSR count). The number of nitrogens with zero attached hydrogens (tertiary/aromatic N) is 1. The molecule has 0 saturated heterocycles. The Morgan fingerprint density at radius 2 is 1.90 bits per heavy atom. The highest BCUT2D eigenvalue weighted by atomic mass is 35.5.